The van der Waals surface area contributed by atoms with Crippen LogP contribution >= 0.6 is 0 Å². The van der Waals surface area contributed by atoms with E-state index >= 15 is 0 Å². The van der Waals surface area contributed by atoms with Gasteiger partial charge in [-0.1, -0.05) is 342 Å². The minimum atomic E-state index is -0.587. The summed E-state index contributed by atoms with van der Waals surface area (Å²) in [6.07, 6.45) is 87.0. The molecule has 12 nitrogen and oxygen atoms in total. The smallest absolute Gasteiger partial charge is 0.430 e. The fourth-order valence-electron chi connectivity index (χ4n) is 8.99. The molecule has 4 unspecified atom stereocenters. The highest BCUT2D eigenvalue weighted by Crippen LogP contribution is 2.20. The van der Waals surface area contributed by atoms with Gasteiger partial charge in [0, 0.05) is 12.8 Å². The molecule has 4 fully saturated rings. The Hall–Kier alpha value is -6.30. The molecule has 4 atom stereocenters. The number of carbonyl (C=O) groups excluding carboxylic acids is 4. The zero-order valence-corrected chi connectivity index (χ0v) is 48.3. The van der Waals surface area contributed by atoms with Crippen LogP contribution in [0.4, 0.5) is 19.2 Å². The molecule has 474 valence electrons. The average Bonchev–Trinajstić information content (AvgIpc) is 4.35. The topological polar surface area (TPSA) is 142 Å². The van der Waals surface area contributed by atoms with E-state index in [0.717, 1.165) is 25.7 Å². The Morgan fingerprint density at radius 1 is 0.226 bits per heavy atom. The summed E-state index contributed by atoms with van der Waals surface area (Å²) in [5.41, 5.74) is 0. The third kappa shape index (κ3) is 50.2. The summed E-state index contributed by atoms with van der Waals surface area (Å²) in [4.78, 5) is 43.4. The first kappa shape index (κ1) is 79.8. The lowest BCUT2D eigenvalue weighted by molar-refractivity contribution is 0.114. The normalized spacial score (nSPS) is 18.9. The Bertz CT molecular complexity index is 1890. The highest BCUT2D eigenvalue weighted by molar-refractivity contribution is 5.63. The number of hydrogen-bond acceptors (Lipinski definition) is 12. The Morgan fingerprint density at radius 3 is 0.548 bits per heavy atom. The molecule has 4 rings (SSSR count). The predicted molar refractivity (Wildman–Crippen MR) is 349 cm³/mol. The quantitative estimate of drug-likeness (QED) is 0.0248. The van der Waals surface area contributed by atoms with Crippen molar-refractivity contribution in [1.82, 2.24) is 0 Å². The van der Waals surface area contributed by atoms with Crippen molar-refractivity contribution in [2.45, 2.75) is 247 Å². The SMILES string of the molecule is C.C.C.C.O=C1OCC(CC=CC=CC=CC=CC=CC=CC=CC=CC=CC=CC=CC=CC=CCC2COC(=O)O2)O1.O=C1OCC(CCCCCCCCCCCCCCCCCCCCCCCCCCCCC2COC(=O)O2)O1. The van der Waals surface area contributed by atoms with Crippen LogP contribution in [0.1, 0.15) is 222 Å². The minimum Gasteiger partial charge on any atom is -0.430 e. The van der Waals surface area contributed by atoms with Gasteiger partial charge >= 0.3 is 24.6 Å². The van der Waals surface area contributed by atoms with Crippen LogP contribution in [-0.4, -0.2) is 75.5 Å². The molecule has 0 bridgehead atoms. The molecule has 84 heavy (non-hydrogen) atoms. The van der Waals surface area contributed by atoms with E-state index in [0.29, 0.717) is 39.3 Å². The van der Waals surface area contributed by atoms with Crippen molar-refractivity contribution in [2.75, 3.05) is 26.4 Å². The molecular formula is C72H114O12. The van der Waals surface area contributed by atoms with Crippen molar-refractivity contribution in [3.63, 3.8) is 0 Å². The monoisotopic (exact) mass is 1170 g/mol. The fourth-order valence-corrected chi connectivity index (χ4v) is 8.99. The maximum atomic E-state index is 10.9. The molecule has 0 aromatic carbocycles. The van der Waals surface area contributed by atoms with E-state index in [1.165, 1.54) is 154 Å². The van der Waals surface area contributed by atoms with Gasteiger partial charge in [0.1, 0.15) is 50.8 Å². The lowest BCUT2D eigenvalue weighted by Gasteiger charge is -2.06. The summed E-state index contributed by atoms with van der Waals surface area (Å²) in [5, 5.41) is 0. The molecule has 0 saturated carbocycles. The highest BCUT2D eigenvalue weighted by Gasteiger charge is 2.26. The molecule has 0 radical (unpaired) electrons. The molecule has 0 N–H and O–H groups in total. The van der Waals surface area contributed by atoms with E-state index in [-0.39, 0.29) is 54.1 Å². The summed E-state index contributed by atoms with van der Waals surface area (Å²) in [6.45, 7) is 1.54. The van der Waals surface area contributed by atoms with Crippen LogP contribution in [0.5, 0.6) is 0 Å². The molecular weight excluding hydrogens is 1060 g/mol. The van der Waals surface area contributed by atoms with Gasteiger partial charge in [0.2, 0.25) is 0 Å². The van der Waals surface area contributed by atoms with Gasteiger partial charge in [0.25, 0.3) is 0 Å². The van der Waals surface area contributed by atoms with Crippen LogP contribution in [0.25, 0.3) is 0 Å². The van der Waals surface area contributed by atoms with E-state index in [1.807, 2.05) is 158 Å². The molecule has 12 heteroatoms. The molecule has 0 spiro atoms. The first-order valence-corrected chi connectivity index (χ1v) is 30.5. The van der Waals surface area contributed by atoms with Gasteiger partial charge in [-0.15, -0.1) is 0 Å². The van der Waals surface area contributed by atoms with Crippen LogP contribution in [0.15, 0.2) is 158 Å². The first-order chi connectivity index (χ1) is 39.5. The number of carbonyl (C=O) groups is 4. The van der Waals surface area contributed by atoms with Crippen LogP contribution < -0.4 is 0 Å². The summed E-state index contributed by atoms with van der Waals surface area (Å²) >= 11 is 0. The summed E-state index contributed by atoms with van der Waals surface area (Å²) in [5.74, 6) is 0. The Kier molecular flexibility index (Phi) is 56.8. The molecule has 4 aliphatic rings. The third-order valence-electron chi connectivity index (χ3n) is 13.5. The Balaban J connectivity index is 0. The number of cyclic esters (lactones) is 8. The second-order valence-corrected chi connectivity index (χ2v) is 20.5. The van der Waals surface area contributed by atoms with Gasteiger partial charge < -0.3 is 37.9 Å². The second-order valence-electron chi connectivity index (χ2n) is 20.5. The molecule has 0 aliphatic carbocycles. The van der Waals surface area contributed by atoms with Crippen molar-refractivity contribution < 1.29 is 57.1 Å². The van der Waals surface area contributed by atoms with Crippen LogP contribution in [0.2, 0.25) is 0 Å². The molecule has 0 amide bonds. The first-order valence-electron chi connectivity index (χ1n) is 30.5. The Morgan fingerprint density at radius 2 is 0.381 bits per heavy atom. The molecule has 4 aliphatic heterocycles. The van der Waals surface area contributed by atoms with E-state index in [9.17, 15) is 19.2 Å². The lowest BCUT2D eigenvalue weighted by Crippen LogP contribution is -2.09. The van der Waals surface area contributed by atoms with E-state index in [1.54, 1.807) is 0 Å². The average molecular weight is 1170 g/mol. The van der Waals surface area contributed by atoms with Crippen molar-refractivity contribution in [1.29, 1.82) is 0 Å². The molecule has 0 aromatic heterocycles. The minimum absolute atomic E-state index is 0. The van der Waals surface area contributed by atoms with Crippen molar-refractivity contribution in [3.8, 4) is 0 Å². The number of ether oxygens (including phenoxy) is 8. The van der Waals surface area contributed by atoms with E-state index < -0.39 is 24.6 Å². The van der Waals surface area contributed by atoms with E-state index in [4.69, 9.17) is 37.9 Å². The summed E-state index contributed by atoms with van der Waals surface area (Å²) < 4.78 is 39.1. The largest absolute Gasteiger partial charge is 0.508 e. The van der Waals surface area contributed by atoms with Gasteiger partial charge in [-0.3, -0.25) is 0 Å². The summed E-state index contributed by atoms with van der Waals surface area (Å²) in [7, 11) is 0. The molecule has 4 heterocycles. The maximum absolute atomic E-state index is 10.9. The molecule has 4 saturated heterocycles. The van der Waals surface area contributed by atoms with Crippen LogP contribution in [0, 0.1) is 0 Å². The van der Waals surface area contributed by atoms with Gasteiger partial charge in [-0.05, 0) is 25.7 Å². The fraction of sp³-hybridized carbons (Fsp3) is 0.583. The predicted octanol–water partition coefficient (Wildman–Crippen LogP) is 21.6. The standard InChI is InChI=1S/C34H62O6.C34H36O6.4CH4/c2*35-33-37-29-31(39-33)27-25-23-21-19-17-15-13-11-9-7-5-3-1-2-4-6-8-10-12-14-16-18-20-22-24-26-28-32-30-38-34(36)40-32;;;;/h31-32H,1-30H2;1-26,31-32H,27-30H2;4*1H4. The van der Waals surface area contributed by atoms with E-state index in [2.05, 4.69) is 0 Å². The van der Waals surface area contributed by atoms with Crippen molar-refractivity contribution >= 4 is 24.6 Å². The van der Waals surface area contributed by atoms with Crippen molar-refractivity contribution in [3.05, 3.63) is 158 Å². The zero-order chi connectivity index (χ0) is 56.7. The number of allylic oxidation sites excluding steroid dienone is 24. The number of rotatable bonds is 45. The van der Waals surface area contributed by atoms with Crippen molar-refractivity contribution in [2.24, 2.45) is 0 Å². The van der Waals surface area contributed by atoms with Gasteiger partial charge in [0.15, 0.2) is 0 Å². The Labute approximate surface area is 510 Å². The second kappa shape index (κ2) is 59.8. The third-order valence-corrected chi connectivity index (χ3v) is 13.5. The molecule has 0 aromatic rings. The van der Waals surface area contributed by atoms with Gasteiger partial charge in [-0.2, -0.15) is 0 Å². The lowest BCUT2D eigenvalue weighted by atomic mass is 10.0. The summed E-state index contributed by atoms with van der Waals surface area (Å²) in [6, 6.07) is 0. The number of hydrogen-bond donors (Lipinski definition) is 0. The zero-order valence-electron chi connectivity index (χ0n) is 48.3. The van der Waals surface area contributed by atoms with Gasteiger partial charge in [0.05, 0.1) is 0 Å². The number of unbranched alkanes of at least 4 members (excludes halogenated alkanes) is 25. The van der Waals surface area contributed by atoms with Crippen LogP contribution in [-0.2, 0) is 37.9 Å². The maximum Gasteiger partial charge on any atom is 0.508 e. The van der Waals surface area contributed by atoms with Crippen LogP contribution in [0.3, 0.4) is 0 Å². The van der Waals surface area contributed by atoms with Gasteiger partial charge in [-0.25, -0.2) is 19.2 Å². The highest BCUT2D eigenvalue weighted by atomic mass is 16.8.